The van der Waals surface area contributed by atoms with E-state index < -0.39 is 0 Å². The first-order chi connectivity index (χ1) is 12.1. The summed E-state index contributed by atoms with van der Waals surface area (Å²) in [6.07, 6.45) is 6.81. The van der Waals surface area contributed by atoms with Crippen molar-refractivity contribution in [3.63, 3.8) is 0 Å². The van der Waals surface area contributed by atoms with E-state index in [4.69, 9.17) is 10.5 Å². The van der Waals surface area contributed by atoms with Gasteiger partial charge in [0.05, 0.1) is 12.7 Å². The van der Waals surface area contributed by atoms with Crippen LogP contribution in [0, 0.1) is 6.92 Å². The van der Waals surface area contributed by atoms with E-state index >= 15 is 0 Å². The predicted octanol–water partition coefficient (Wildman–Crippen LogP) is 4.64. The summed E-state index contributed by atoms with van der Waals surface area (Å²) in [5.41, 5.74) is 10.7. The van der Waals surface area contributed by atoms with E-state index in [1.54, 1.807) is 7.11 Å². The van der Waals surface area contributed by atoms with Crippen LogP contribution in [0.2, 0.25) is 0 Å². The van der Waals surface area contributed by atoms with Gasteiger partial charge in [-0.25, -0.2) is 0 Å². The van der Waals surface area contributed by atoms with Gasteiger partial charge in [0.2, 0.25) is 0 Å². The third-order valence-corrected chi connectivity index (χ3v) is 5.10. The molecule has 0 aliphatic heterocycles. The van der Waals surface area contributed by atoms with E-state index in [0.29, 0.717) is 11.6 Å². The Bertz CT molecular complexity index is 772. The number of nitrogens with two attached hydrogens (primary N) is 1. The topological polar surface area (TPSA) is 57.2 Å². The summed E-state index contributed by atoms with van der Waals surface area (Å²) in [4.78, 5) is 12.3. The van der Waals surface area contributed by atoms with Gasteiger partial charge in [-0.3, -0.25) is 4.79 Å². The number of aromatic nitrogens is 1. The number of primary amides is 1. The molecule has 1 amide bonds. The maximum atomic E-state index is 12.3. The van der Waals surface area contributed by atoms with Crippen molar-refractivity contribution in [2.24, 2.45) is 5.73 Å². The highest BCUT2D eigenvalue weighted by Gasteiger charge is 2.33. The Kier molecular flexibility index (Phi) is 5.16. The first kappa shape index (κ1) is 17.6. The number of benzene rings is 1. The number of ether oxygens (including phenoxy) is 1. The van der Waals surface area contributed by atoms with Crippen LogP contribution in [0.1, 0.15) is 66.8 Å². The smallest absolute Gasteiger partial charge is 0.251 e. The molecule has 1 saturated carbocycles. The molecular formula is C21H28N2O2. The molecule has 1 aromatic carbocycles. The standard InChI is InChI=1S/C21H28N2O2/c1-4-5-6-10-17-20(16-9-7-8-11-18(16)25-3)19(21(22)24)14(2)23(17)15-12-13-15/h7-9,11,15H,4-6,10,12-13H2,1-3H3,(H2,22,24). The van der Waals surface area contributed by atoms with Crippen molar-refractivity contribution in [1.29, 1.82) is 0 Å². The van der Waals surface area contributed by atoms with Crippen molar-refractivity contribution in [3.8, 4) is 16.9 Å². The Hall–Kier alpha value is -2.23. The summed E-state index contributed by atoms with van der Waals surface area (Å²) in [6.45, 7) is 4.24. The zero-order valence-corrected chi connectivity index (χ0v) is 15.5. The lowest BCUT2D eigenvalue weighted by Crippen LogP contribution is -2.13. The second-order valence-electron chi connectivity index (χ2n) is 6.90. The lowest BCUT2D eigenvalue weighted by molar-refractivity contribution is 0.1000. The van der Waals surface area contributed by atoms with Crippen LogP contribution in [-0.4, -0.2) is 17.6 Å². The van der Waals surface area contributed by atoms with Crippen LogP contribution in [0.25, 0.3) is 11.1 Å². The molecule has 1 heterocycles. The highest BCUT2D eigenvalue weighted by Crippen LogP contribution is 2.45. The summed E-state index contributed by atoms with van der Waals surface area (Å²) < 4.78 is 7.95. The number of nitrogens with zero attached hydrogens (tertiary/aromatic N) is 1. The molecule has 0 spiro atoms. The van der Waals surface area contributed by atoms with Crippen LogP contribution in [0.4, 0.5) is 0 Å². The fraction of sp³-hybridized carbons (Fsp3) is 0.476. The third-order valence-electron chi connectivity index (χ3n) is 5.10. The molecule has 1 aliphatic carbocycles. The zero-order chi connectivity index (χ0) is 18.0. The van der Waals surface area contributed by atoms with Gasteiger partial charge in [-0.15, -0.1) is 0 Å². The van der Waals surface area contributed by atoms with E-state index in [1.165, 1.54) is 31.4 Å². The molecule has 4 heteroatoms. The van der Waals surface area contributed by atoms with Gasteiger partial charge in [0.25, 0.3) is 5.91 Å². The van der Waals surface area contributed by atoms with Crippen LogP contribution in [0.5, 0.6) is 5.75 Å². The van der Waals surface area contributed by atoms with Gasteiger partial charge in [0.15, 0.2) is 0 Å². The number of rotatable bonds is 8. The number of carbonyl (C=O) groups excluding carboxylic acids is 1. The molecule has 2 aromatic rings. The predicted molar refractivity (Wildman–Crippen MR) is 101 cm³/mol. The summed E-state index contributed by atoms with van der Waals surface area (Å²) in [5, 5.41) is 0. The fourth-order valence-corrected chi connectivity index (χ4v) is 3.83. The minimum Gasteiger partial charge on any atom is -0.496 e. The van der Waals surface area contributed by atoms with Gasteiger partial charge in [-0.2, -0.15) is 0 Å². The zero-order valence-electron chi connectivity index (χ0n) is 15.5. The van der Waals surface area contributed by atoms with Crippen LogP contribution in [0.3, 0.4) is 0 Å². The van der Waals surface area contributed by atoms with Crippen LogP contribution in [0.15, 0.2) is 24.3 Å². The van der Waals surface area contributed by atoms with Gasteiger partial charge in [-0.1, -0.05) is 38.0 Å². The maximum absolute atomic E-state index is 12.3. The molecule has 1 aliphatic rings. The van der Waals surface area contributed by atoms with Crippen LogP contribution < -0.4 is 10.5 Å². The number of hydrogen-bond donors (Lipinski definition) is 1. The number of methoxy groups -OCH3 is 1. The van der Waals surface area contributed by atoms with Crippen LogP contribution in [-0.2, 0) is 6.42 Å². The maximum Gasteiger partial charge on any atom is 0.251 e. The Balaban J connectivity index is 2.23. The summed E-state index contributed by atoms with van der Waals surface area (Å²) in [6, 6.07) is 8.43. The average Bonchev–Trinajstić information content (AvgIpc) is 3.39. The lowest BCUT2D eigenvalue weighted by atomic mass is 9.96. The molecule has 0 saturated heterocycles. The first-order valence-corrected chi connectivity index (χ1v) is 9.27. The Morgan fingerprint density at radius 1 is 1.28 bits per heavy atom. The quantitative estimate of drug-likeness (QED) is 0.712. The second kappa shape index (κ2) is 7.34. The summed E-state index contributed by atoms with van der Waals surface area (Å²) in [7, 11) is 1.67. The van der Waals surface area contributed by atoms with E-state index in [-0.39, 0.29) is 5.91 Å². The molecule has 2 N–H and O–H groups in total. The monoisotopic (exact) mass is 340 g/mol. The van der Waals surface area contributed by atoms with E-state index in [2.05, 4.69) is 11.5 Å². The highest BCUT2D eigenvalue weighted by molar-refractivity contribution is 6.03. The normalized spacial score (nSPS) is 13.9. The largest absolute Gasteiger partial charge is 0.496 e. The number of para-hydroxylation sites is 1. The number of hydrogen-bond acceptors (Lipinski definition) is 2. The Labute approximate surface area is 150 Å². The minimum atomic E-state index is -0.352. The van der Waals surface area contributed by atoms with Gasteiger partial charge in [-0.05, 0) is 38.7 Å². The van der Waals surface area contributed by atoms with E-state index in [0.717, 1.165) is 35.4 Å². The van der Waals surface area contributed by atoms with Crippen molar-refractivity contribution in [1.82, 2.24) is 4.57 Å². The molecular weight excluding hydrogens is 312 g/mol. The van der Waals surface area contributed by atoms with Gasteiger partial charge < -0.3 is 15.0 Å². The van der Waals surface area contributed by atoms with Crippen molar-refractivity contribution >= 4 is 5.91 Å². The molecule has 0 bridgehead atoms. The molecule has 134 valence electrons. The number of carbonyl (C=O) groups is 1. The van der Waals surface area contributed by atoms with Gasteiger partial charge >= 0.3 is 0 Å². The Morgan fingerprint density at radius 3 is 2.60 bits per heavy atom. The average molecular weight is 340 g/mol. The molecule has 3 rings (SSSR count). The Morgan fingerprint density at radius 2 is 2.00 bits per heavy atom. The number of unbranched alkanes of at least 4 members (excludes halogenated alkanes) is 2. The lowest BCUT2D eigenvalue weighted by Gasteiger charge is -2.14. The van der Waals surface area contributed by atoms with Crippen LogP contribution >= 0.6 is 0 Å². The van der Waals surface area contributed by atoms with Crippen molar-refractivity contribution in [3.05, 3.63) is 41.2 Å². The second-order valence-corrected chi connectivity index (χ2v) is 6.90. The van der Waals surface area contributed by atoms with E-state index in [1.807, 2.05) is 31.2 Å². The van der Waals surface area contributed by atoms with Crippen molar-refractivity contribution in [2.45, 2.75) is 58.4 Å². The summed E-state index contributed by atoms with van der Waals surface area (Å²) in [5.74, 6) is 0.434. The highest BCUT2D eigenvalue weighted by atomic mass is 16.5. The SMILES string of the molecule is CCCCCc1c(-c2ccccc2OC)c(C(N)=O)c(C)n1C1CC1. The van der Waals surface area contributed by atoms with Crippen molar-refractivity contribution in [2.75, 3.05) is 7.11 Å². The minimum absolute atomic E-state index is 0.352. The van der Waals surface area contributed by atoms with Gasteiger partial charge in [0, 0.05) is 28.6 Å². The molecule has 0 atom stereocenters. The fourth-order valence-electron chi connectivity index (χ4n) is 3.83. The molecule has 4 nitrogen and oxygen atoms in total. The van der Waals surface area contributed by atoms with Gasteiger partial charge in [0.1, 0.15) is 5.75 Å². The molecule has 25 heavy (non-hydrogen) atoms. The first-order valence-electron chi connectivity index (χ1n) is 9.27. The molecule has 1 fully saturated rings. The third kappa shape index (κ3) is 3.30. The molecule has 0 unspecified atom stereocenters. The number of amides is 1. The van der Waals surface area contributed by atoms with Crippen molar-refractivity contribution < 1.29 is 9.53 Å². The molecule has 0 radical (unpaired) electrons. The molecule has 1 aromatic heterocycles. The summed E-state index contributed by atoms with van der Waals surface area (Å²) >= 11 is 0. The van der Waals surface area contributed by atoms with E-state index in [9.17, 15) is 4.79 Å².